The Labute approximate surface area is 99.1 Å². The molecule has 0 fully saturated rings. The molecule has 0 spiro atoms. The summed E-state index contributed by atoms with van der Waals surface area (Å²) in [5.74, 6) is -0.0354. The topological polar surface area (TPSA) is 50.4 Å². The van der Waals surface area contributed by atoms with E-state index in [-0.39, 0.29) is 18.1 Å². The van der Waals surface area contributed by atoms with Crippen molar-refractivity contribution in [3.63, 3.8) is 0 Å². The highest BCUT2D eigenvalue weighted by Gasteiger charge is 2.13. The Morgan fingerprint density at radius 1 is 1.12 bits per heavy atom. The van der Waals surface area contributed by atoms with E-state index in [4.69, 9.17) is 4.74 Å². The average molecular weight is 230 g/mol. The van der Waals surface area contributed by atoms with Crippen molar-refractivity contribution in [2.24, 2.45) is 0 Å². The third kappa shape index (κ3) is 8.68. The van der Waals surface area contributed by atoms with Crippen LogP contribution in [0.3, 0.4) is 0 Å². The molecular formula is C12H26N2O2. The number of amides is 1. The van der Waals surface area contributed by atoms with Gasteiger partial charge in [-0.2, -0.15) is 0 Å². The number of carbonyl (C=O) groups excluding carboxylic acids is 1. The average Bonchev–Trinajstić information content (AvgIpc) is 2.15. The minimum Gasteiger partial charge on any atom is -0.369 e. The molecule has 16 heavy (non-hydrogen) atoms. The van der Waals surface area contributed by atoms with E-state index in [2.05, 4.69) is 24.5 Å². The molecule has 0 heterocycles. The molecule has 0 aliphatic rings. The third-order valence-electron chi connectivity index (χ3n) is 2.04. The highest BCUT2D eigenvalue weighted by atomic mass is 16.5. The molecule has 0 saturated heterocycles. The van der Waals surface area contributed by atoms with Crippen LogP contribution in [0.25, 0.3) is 0 Å². The van der Waals surface area contributed by atoms with Crippen molar-refractivity contribution < 1.29 is 9.53 Å². The fourth-order valence-corrected chi connectivity index (χ4v) is 1.20. The van der Waals surface area contributed by atoms with Gasteiger partial charge in [0.15, 0.2) is 0 Å². The smallest absolute Gasteiger partial charge is 0.249 e. The molecule has 2 N–H and O–H groups in total. The van der Waals surface area contributed by atoms with Crippen LogP contribution in [0.4, 0.5) is 0 Å². The lowest BCUT2D eigenvalue weighted by atomic mass is 10.3. The Morgan fingerprint density at radius 2 is 1.75 bits per heavy atom. The molecule has 1 atom stereocenters. The van der Waals surface area contributed by atoms with Gasteiger partial charge in [0, 0.05) is 18.7 Å². The molecule has 0 aromatic rings. The summed E-state index contributed by atoms with van der Waals surface area (Å²) in [5, 5.41) is 6.12. The van der Waals surface area contributed by atoms with Crippen LogP contribution in [0.15, 0.2) is 0 Å². The summed E-state index contributed by atoms with van der Waals surface area (Å²) in [7, 11) is 0. The zero-order chi connectivity index (χ0) is 12.6. The van der Waals surface area contributed by atoms with Crippen LogP contribution in [0.2, 0.25) is 0 Å². The van der Waals surface area contributed by atoms with Gasteiger partial charge < -0.3 is 15.4 Å². The summed E-state index contributed by atoms with van der Waals surface area (Å²) in [6.45, 7) is 11.4. The zero-order valence-corrected chi connectivity index (χ0v) is 11.2. The van der Waals surface area contributed by atoms with Gasteiger partial charge in [0.2, 0.25) is 5.91 Å². The molecule has 0 rings (SSSR count). The Kier molecular flexibility index (Phi) is 8.21. The van der Waals surface area contributed by atoms with Crippen LogP contribution in [0.5, 0.6) is 0 Å². The quantitative estimate of drug-likeness (QED) is 0.618. The second-order valence-electron chi connectivity index (χ2n) is 4.64. The van der Waals surface area contributed by atoms with Gasteiger partial charge in [-0.3, -0.25) is 4.79 Å². The summed E-state index contributed by atoms with van der Waals surface area (Å²) in [4.78, 5) is 11.5. The maximum absolute atomic E-state index is 11.5. The molecule has 0 aromatic carbocycles. The predicted molar refractivity (Wildman–Crippen MR) is 66.4 cm³/mol. The summed E-state index contributed by atoms with van der Waals surface area (Å²) in [5.41, 5.74) is 0. The van der Waals surface area contributed by atoms with Crippen molar-refractivity contribution >= 4 is 5.91 Å². The second kappa shape index (κ2) is 8.53. The first-order valence-electron chi connectivity index (χ1n) is 6.08. The number of nitrogens with one attached hydrogen (secondary N) is 2. The molecule has 96 valence electrons. The van der Waals surface area contributed by atoms with Crippen LogP contribution < -0.4 is 10.6 Å². The minimum absolute atomic E-state index is 0.0354. The number of hydrogen-bond acceptors (Lipinski definition) is 3. The maximum Gasteiger partial charge on any atom is 0.249 e. The summed E-state index contributed by atoms with van der Waals surface area (Å²) in [6.07, 6.45) is 0.568. The third-order valence-corrected chi connectivity index (χ3v) is 2.04. The predicted octanol–water partition coefficient (Wildman–Crippen LogP) is 1.30. The minimum atomic E-state index is -0.360. The van der Waals surface area contributed by atoms with Crippen LogP contribution in [-0.2, 0) is 9.53 Å². The Bertz CT molecular complexity index is 193. The molecule has 1 unspecified atom stereocenters. The normalized spacial score (nSPS) is 13.2. The summed E-state index contributed by atoms with van der Waals surface area (Å²) >= 11 is 0. The monoisotopic (exact) mass is 230 g/mol. The fraction of sp³-hybridized carbons (Fsp3) is 0.917. The molecule has 4 nitrogen and oxygen atoms in total. The van der Waals surface area contributed by atoms with E-state index in [0.717, 1.165) is 13.0 Å². The number of hydrogen-bond donors (Lipinski definition) is 2. The standard InChI is InChI=1S/C12H26N2O2/c1-9(2)13-7-6-8-16-11(5)12(15)14-10(3)4/h9-11,13H,6-8H2,1-5H3,(H,14,15). The van der Waals surface area contributed by atoms with E-state index in [1.54, 1.807) is 6.92 Å². The van der Waals surface area contributed by atoms with Crippen molar-refractivity contribution in [1.82, 2.24) is 10.6 Å². The Morgan fingerprint density at radius 3 is 2.25 bits per heavy atom. The molecule has 0 aliphatic carbocycles. The van der Waals surface area contributed by atoms with Gasteiger partial charge in [-0.15, -0.1) is 0 Å². The van der Waals surface area contributed by atoms with E-state index >= 15 is 0 Å². The summed E-state index contributed by atoms with van der Waals surface area (Å²) < 4.78 is 5.43. The molecule has 0 radical (unpaired) electrons. The lowest BCUT2D eigenvalue weighted by Crippen LogP contribution is -2.38. The summed E-state index contributed by atoms with van der Waals surface area (Å²) in [6, 6.07) is 0.669. The Hall–Kier alpha value is -0.610. The van der Waals surface area contributed by atoms with E-state index in [9.17, 15) is 4.79 Å². The SMILES string of the molecule is CC(C)NCCCOC(C)C(=O)NC(C)C. The van der Waals surface area contributed by atoms with Gasteiger partial charge in [0.05, 0.1) is 0 Å². The maximum atomic E-state index is 11.5. The van der Waals surface area contributed by atoms with Crippen LogP contribution in [0, 0.1) is 0 Å². The van der Waals surface area contributed by atoms with E-state index in [1.165, 1.54) is 0 Å². The largest absolute Gasteiger partial charge is 0.369 e. The first kappa shape index (κ1) is 15.4. The number of carbonyl (C=O) groups is 1. The molecule has 0 saturated carbocycles. The van der Waals surface area contributed by atoms with Crippen LogP contribution in [0.1, 0.15) is 41.0 Å². The number of rotatable bonds is 8. The molecule has 1 amide bonds. The van der Waals surface area contributed by atoms with Crippen molar-refractivity contribution in [2.75, 3.05) is 13.2 Å². The van der Waals surface area contributed by atoms with Crippen molar-refractivity contribution in [3.8, 4) is 0 Å². The van der Waals surface area contributed by atoms with E-state index in [0.29, 0.717) is 12.6 Å². The van der Waals surface area contributed by atoms with E-state index in [1.807, 2.05) is 13.8 Å². The van der Waals surface area contributed by atoms with Gasteiger partial charge in [-0.25, -0.2) is 0 Å². The van der Waals surface area contributed by atoms with Crippen LogP contribution in [-0.4, -0.2) is 37.2 Å². The van der Waals surface area contributed by atoms with Gasteiger partial charge in [-0.05, 0) is 33.7 Å². The molecule has 4 heteroatoms. The second-order valence-corrected chi connectivity index (χ2v) is 4.64. The lowest BCUT2D eigenvalue weighted by molar-refractivity contribution is -0.132. The highest BCUT2D eigenvalue weighted by Crippen LogP contribution is 1.94. The van der Waals surface area contributed by atoms with E-state index < -0.39 is 0 Å². The molecule has 0 aromatic heterocycles. The van der Waals surface area contributed by atoms with Crippen molar-refractivity contribution in [2.45, 2.75) is 59.2 Å². The van der Waals surface area contributed by atoms with Gasteiger partial charge >= 0.3 is 0 Å². The lowest BCUT2D eigenvalue weighted by Gasteiger charge is -2.15. The number of ether oxygens (including phenoxy) is 1. The van der Waals surface area contributed by atoms with Gasteiger partial charge in [-0.1, -0.05) is 13.8 Å². The first-order chi connectivity index (χ1) is 7.43. The van der Waals surface area contributed by atoms with Gasteiger partial charge in [0.1, 0.15) is 6.10 Å². The first-order valence-corrected chi connectivity index (χ1v) is 6.08. The Balaban J connectivity index is 3.49. The molecule has 0 aliphatic heterocycles. The van der Waals surface area contributed by atoms with Crippen LogP contribution >= 0.6 is 0 Å². The zero-order valence-electron chi connectivity index (χ0n) is 11.2. The molecular weight excluding hydrogens is 204 g/mol. The van der Waals surface area contributed by atoms with Crippen molar-refractivity contribution in [1.29, 1.82) is 0 Å². The van der Waals surface area contributed by atoms with Crippen molar-refractivity contribution in [3.05, 3.63) is 0 Å². The fourth-order valence-electron chi connectivity index (χ4n) is 1.20. The van der Waals surface area contributed by atoms with Gasteiger partial charge in [0.25, 0.3) is 0 Å². The highest BCUT2D eigenvalue weighted by molar-refractivity contribution is 5.80. The molecule has 0 bridgehead atoms.